The first-order chi connectivity index (χ1) is 9.03. The number of hydrogen-bond donors (Lipinski definition) is 2. The van der Waals surface area contributed by atoms with Crippen molar-refractivity contribution in [3.05, 3.63) is 35.4 Å². The largest absolute Gasteiger partial charge is 0.241 e. The number of tetrazole rings is 1. The molecule has 0 radical (unpaired) electrons. The summed E-state index contributed by atoms with van der Waals surface area (Å²) in [5, 5.41) is 21.2. The van der Waals surface area contributed by atoms with Crippen LogP contribution in [0.1, 0.15) is 11.4 Å². The van der Waals surface area contributed by atoms with E-state index in [0.29, 0.717) is 0 Å². The molecule has 0 fully saturated rings. The molecular weight excluding hydrogens is 275 g/mol. The second-order valence-corrected chi connectivity index (χ2v) is 5.17. The topological polar surface area (TPSA) is 124 Å². The van der Waals surface area contributed by atoms with Gasteiger partial charge in [-0.2, -0.15) is 10.5 Å². The fraction of sp³-hybridized carbons (Fsp3) is 0.111. The maximum absolute atomic E-state index is 13.1. The van der Waals surface area contributed by atoms with Crippen molar-refractivity contribution in [2.24, 2.45) is 0 Å². The van der Waals surface area contributed by atoms with Crippen LogP contribution in [-0.2, 0) is 16.6 Å². The molecule has 98 valence electrons. The van der Waals surface area contributed by atoms with Gasteiger partial charge in [0.15, 0.2) is 5.82 Å². The third-order valence-electron chi connectivity index (χ3n) is 2.18. The molecule has 2 rings (SSSR count). The number of aromatic nitrogens is 4. The first-order valence-electron chi connectivity index (χ1n) is 4.94. The van der Waals surface area contributed by atoms with Gasteiger partial charge in [0.25, 0.3) is 0 Å². The Morgan fingerprint density at radius 2 is 2.26 bits per heavy atom. The van der Waals surface area contributed by atoms with Crippen LogP contribution < -0.4 is 4.72 Å². The molecule has 10 heteroatoms. The maximum atomic E-state index is 13.1. The van der Waals surface area contributed by atoms with Gasteiger partial charge in [0.1, 0.15) is 11.9 Å². The Balaban J connectivity index is 2.22. The fourth-order valence-electron chi connectivity index (χ4n) is 1.26. The van der Waals surface area contributed by atoms with Crippen LogP contribution in [0.15, 0.2) is 23.1 Å². The molecule has 0 saturated heterocycles. The molecule has 1 aromatic heterocycles. The third kappa shape index (κ3) is 2.90. The predicted octanol–water partition coefficient (Wildman–Crippen LogP) is -0.311. The molecule has 2 N–H and O–H groups in total. The van der Waals surface area contributed by atoms with Crippen molar-refractivity contribution in [1.82, 2.24) is 25.3 Å². The molecule has 0 unspecified atom stereocenters. The number of nitriles is 1. The lowest BCUT2D eigenvalue weighted by atomic mass is 10.2. The maximum Gasteiger partial charge on any atom is 0.241 e. The van der Waals surface area contributed by atoms with Crippen LogP contribution in [0, 0.1) is 17.1 Å². The molecule has 1 heterocycles. The van der Waals surface area contributed by atoms with Crippen LogP contribution in [0.3, 0.4) is 0 Å². The number of nitrogens with one attached hydrogen (secondary N) is 2. The summed E-state index contributed by atoms with van der Waals surface area (Å²) in [5.41, 5.74) is -0.345. The van der Waals surface area contributed by atoms with Gasteiger partial charge in [-0.3, -0.25) is 0 Å². The molecule has 0 atom stereocenters. The summed E-state index contributed by atoms with van der Waals surface area (Å²) in [6.45, 7) is -0.169. The molecular formula is C9H7FN6O2S. The van der Waals surface area contributed by atoms with Gasteiger partial charge in [-0.1, -0.05) is 5.21 Å². The van der Waals surface area contributed by atoms with E-state index in [1.54, 1.807) is 6.07 Å². The molecule has 0 aliphatic rings. The van der Waals surface area contributed by atoms with Gasteiger partial charge in [0, 0.05) is 0 Å². The van der Waals surface area contributed by atoms with E-state index in [4.69, 9.17) is 5.26 Å². The highest BCUT2D eigenvalue weighted by Crippen LogP contribution is 2.14. The van der Waals surface area contributed by atoms with Crippen LogP contribution in [-0.4, -0.2) is 29.0 Å². The average Bonchev–Trinajstić information content (AvgIpc) is 2.90. The molecule has 0 bridgehead atoms. The first-order valence-corrected chi connectivity index (χ1v) is 6.43. The summed E-state index contributed by atoms with van der Waals surface area (Å²) < 4.78 is 39.1. The number of benzene rings is 1. The van der Waals surface area contributed by atoms with Crippen molar-refractivity contribution < 1.29 is 12.8 Å². The summed E-state index contributed by atoms with van der Waals surface area (Å²) in [5.74, 6) is -0.620. The first kappa shape index (κ1) is 13.1. The number of aromatic amines is 1. The normalized spacial score (nSPS) is 11.2. The number of rotatable bonds is 4. The zero-order valence-electron chi connectivity index (χ0n) is 9.33. The van der Waals surface area contributed by atoms with Gasteiger partial charge in [0.2, 0.25) is 10.0 Å². The standard InChI is InChI=1S/C9H7FN6O2S/c10-8-2-1-7(3-6(8)4-11)19(17,18)12-5-9-13-15-16-14-9/h1-3,12H,5H2,(H,13,14,15,16). The van der Waals surface area contributed by atoms with Crippen molar-refractivity contribution in [3.63, 3.8) is 0 Å². The Bertz CT molecular complexity index is 722. The van der Waals surface area contributed by atoms with Crippen molar-refractivity contribution in [2.75, 3.05) is 0 Å². The van der Waals surface area contributed by atoms with Crippen LogP contribution >= 0.6 is 0 Å². The molecule has 0 amide bonds. The lowest BCUT2D eigenvalue weighted by molar-refractivity contribution is 0.578. The minimum Gasteiger partial charge on any atom is -0.207 e. The second-order valence-electron chi connectivity index (χ2n) is 3.41. The van der Waals surface area contributed by atoms with E-state index in [2.05, 4.69) is 25.3 Å². The zero-order valence-corrected chi connectivity index (χ0v) is 10.1. The van der Waals surface area contributed by atoms with Crippen LogP contribution in [0.25, 0.3) is 0 Å². The monoisotopic (exact) mass is 282 g/mol. The lowest BCUT2D eigenvalue weighted by Gasteiger charge is -2.05. The molecule has 0 aliphatic heterocycles. The molecule has 1 aromatic carbocycles. The van der Waals surface area contributed by atoms with E-state index in [1.165, 1.54) is 0 Å². The summed E-state index contributed by atoms with van der Waals surface area (Å²) >= 11 is 0. The summed E-state index contributed by atoms with van der Waals surface area (Å²) in [6, 6.07) is 4.51. The Kier molecular flexibility index (Phi) is 3.50. The highest BCUT2D eigenvalue weighted by Gasteiger charge is 2.16. The van der Waals surface area contributed by atoms with Gasteiger partial charge >= 0.3 is 0 Å². The van der Waals surface area contributed by atoms with Gasteiger partial charge in [0.05, 0.1) is 17.0 Å². The minimum atomic E-state index is -3.88. The van der Waals surface area contributed by atoms with Crippen molar-refractivity contribution >= 4 is 10.0 Å². The van der Waals surface area contributed by atoms with E-state index >= 15 is 0 Å². The zero-order chi connectivity index (χ0) is 13.9. The number of sulfonamides is 1. The van der Waals surface area contributed by atoms with Crippen molar-refractivity contribution in [1.29, 1.82) is 5.26 Å². The van der Waals surface area contributed by atoms with E-state index in [9.17, 15) is 12.8 Å². The number of halogens is 1. The lowest BCUT2D eigenvalue weighted by Crippen LogP contribution is -2.24. The minimum absolute atomic E-state index is 0.159. The molecule has 0 aliphatic carbocycles. The molecule has 0 spiro atoms. The quantitative estimate of drug-likeness (QED) is 0.792. The Morgan fingerprint density at radius 1 is 1.47 bits per heavy atom. The second kappa shape index (κ2) is 5.09. The fourth-order valence-corrected chi connectivity index (χ4v) is 2.26. The van der Waals surface area contributed by atoms with E-state index < -0.39 is 15.8 Å². The molecule has 0 saturated carbocycles. The highest BCUT2D eigenvalue weighted by atomic mass is 32.2. The Hall–Kier alpha value is -2.38. The third-order valence-corrected chi connectivity index (χ3v) is 3.58. The molecule has 2 aromatic rings. The number of nitrogens with zero attached hydrogens (tertiary/aromatic N) is 4. The smallest absolute Gasteiger partial charge is 0.207 e. The van der Waals surface area contributed by atoms with Crippen LogP contribution in [0.5, 0.6) is 0 Å². The van der Waals surface area contributed by atoms with E-state index in [-0.39, 0.29) is 22.8 Å². The van der Waals surface area contributed by atoms with Gasteiger partial charge in [-0.25, -0.2) is 17.5 Å². The summed E-state index contributed by atoms with van der Waals surface area (Å²) in [7, 11) is -3.88. The van der Waals surface area contributed by atoms with Crippen molar-refractivity contribution in [3.8, 4) is 6.07 Å². The van der Waals surface area contributed by atoms with Crippen molar-refractivity contribution in [2.45, 2.75) is 11.4 Å². The van der Waals surface area contributed by atoms with Gasteiger partial charge in [-0.05, 0) is 18.2 Å². The number of H-pyrrole nitrogens is 1. The Morgan fingerprint density at radius 3 is 2.89 bits per heavy atom. The molecule has 19 heavy (non-hydrogen) atoms. The van der Waals surface area contributed by atoms with E-state index in [1.807, 2.05) is 0 Å². The van der Waals surface area contributed by atoms with Gasteiger partial charge < -0.3 is 0 Å². The predicted molar refractivity (Wildman–Crippen MR) is 59.3 cm³/mol. The van der Waals surface area contributed by atoms with Gasteiger partial charge in [-0.15, -0.1) is 10.2 Å². The summed E-state index contributed by atoms with van der Waals surface area (Å²) in [4.78, 5) is -0.214. The SMILES string of the molecule is N#Cc1cc(S(=O)(=O)NCc2nn[nH]n2)ccc1F. The molecule has 8 nitrogen and oxygen atoms in total. The van der Waals surface area contributed by atoms with Crippen LogP contribution in [0.4, 0.5) is 4.39 Å². The average molecular weight is 282 g/mol. The Labute approximate surface area is 107 Å². The summed E-state index contributed by atoms with van der Waals surface area (Å²) in [6.07, 6.45) is 0. The number of hydrogen-bond acceptors (Lipinski definition) is 6. The van der Waals surface area contributed by atoms with E-state index in [0.717, 1.165) is 18.2 Å². The highest BCUT2D eigenvalue weighted by molar-refractivity contribution is 7.89. The van der Waals surface area contributed by atoms with Crippen LogP contribution in [0.2, 0.25) is 0 Å².